The van der Waals surface area contributed by atoms with Crippen molar-refractivity contribution in [3.8, 4) is 0 Å². The molecule has 0 bridgehead atoms. The molecule has 0 aromatic heterocycles. The maximum atomic E-state index is 6.77. The van der Waals surface area contributed by atoms with Crippen molar-refractivity contribution in [2.45, 2.75) is 31.6 Å². The quantitative estimate of drug-likeness (QED) is 0.470. The zero-order chi connectivity index (χ0) is 14.9. The van der Waals surface area contributed by atoms with Gasteiger partial charge in [-0.3, -0.25) is 0 Å². The highest BCUT2D eigenvalue weighted by Gasteiger charge is 2.23. The van der Waals surface area contributed by atoms with Gasteiger partial charge in [0.25, 0.3) is 0 Å². The summed E-state index contributed by atoms with van der Waals surface area (Å²) >= 11 is 13.9. The summed E-state index contributed by atoms with van der Waals surface area (Å²) in [5, 5.41) is -0.169. The zero-order valence-corrected chi connectivity index (χ0v) is 15.7. The van der Waals surface area contributed by atoms with Crippen LogP contribution in [0.2, 0.25) is 0 Å². The Morgan fingerprint density at radius 1 is 0.950 bits per heavy atom. The van der Waals surface area contributed by atoms with Gasteiger partial charge in [-0.25, -0.2) is 0 Å². The predicted octanol–water partition coefficient (Wildman–Crippen LogP) is 6.84. The largest absolute Gasteiger partial charge is 0.113 e. The van der Waals surface area contributed by atoms with Crippen LogP contribution >= 0.6 is 43.5 Å². The fourth-order valence-corrected chi connectivity index (χ4v) is 3.63. The molecule has 0 aliphatic heterocycles. The van der Waals surface area contributed by atoms with Crippen LogP contribution in [0.15, 0.2) is 51.4 Å². The number of halogens is 3. The number of alkyl halides is 1. The van der Waals surface area contributed by atoms with E-state index < -0.39 is 0 Å². The molecule has 0 aliphatic carbocycles. The smallest absolute Gasteiger partial charge is 0.0849 e. The average Bonchev–Trinajstić information content (AvgIpc) is 2.40. The monoisotopic (exact) mass is 414 g/mol. The van der Waals surface area contributed by atoms with Gasteiger partial charge in [0.1, 0.15) is 0 Å². The Hall–Kier alpha value is -0.310. The normalized spacial score (nSPS) is 13.3. The molecule has 0 spiro atoms. The molecule has 0 heterocycles. The van der Waals surface area contributed by atoms with Gasteiger partial charge in [0, 0.05) is 8.95 Å². The lowest BCUT2D eigenvalue weighted by Gasteiger charge is -2.25. The lowest BCUT2D eigenvalue weighted by Crippen LogP contribution is -2.15. The van der Waals surface area contributed by atoms with E-state index in [4.69, 9.17) is 11.6 Å². The van der Waals surface area contributed by atoms with Crippen molar-refractivity contribution in [3.63, 3.8) is 0 Å². The number of hydrogen-bond acceptors (Lipinski definition) is 0. The SMILES string of the molecule is CC(C)(C)c1ccccc1C(Cl)c1cc(Br)ccc1Br. The van der Waals surface area contributed by atoms with Crippen molar-refractivity contribution in [2.24, 2.45) is 0 Å². The van der Waals surface area contributed by atoms with E-state index in [-0.39, 0.29) is 10.8 Å². The Labute approximate surface area is 142 Å². The van der Waals surface area contributed by atoms with Crippen LogP contribution < -0.4 is 0 Å². The van der Waals surface area contributed by atoms with Gasteiger partial charge in [0.05, 0.1) is 5.38 Å². The van der Waals surface area contributed by atoms with Gasteiger partial charge >= 0.3 is 0 Å². The first-order valence-electron chi connectivity index (χ1n) is 6.49. The molecule has 0 N–H and O–H groups in total. The molecule has 0 aliphatic rings. The van der Waals surface area contributed by atoms with Crippen LogP contribution in [0.5, 0.6) is 0 Å². The van der Waals surface area contributed by atoms with Crippen LogP contribution in [0.4, 0.5) is 0 Å². The summed E-state index contributed by atoms with van der Waals surface area (Å²) in [5.74, 6) is 0. The maximum Gasteiger partial charge on any atom is 0.0849 e. The highest BCUT2D eigenvalue weighted by molar-refractivity contribution is 9.11. The lowest BCUT2D eigenvalue weighted by atomic mass is 9.82. The topological polar surface area (TPSA) is 0 Å². The van der Waals surface area contributed by atoms with Gasteiger partial charge in [-0.05, 0) is 40.3 Å². The number of hydrogen-bond donors (Lipinski definition) is 0. The molecule has 1 unspecified atom stereocenters. The van der Waals surface area contributed by atoms with Crippen LogP contribution in [0, 0.1) is 0 Å². The molecular formula is C17H17Br2Cl. The van der Waals surface area contributed by atoms with Crippen molar-refractivity contribution in [2.75, 3.05) is 0 Å². The maximum absolute atomic E-state index is 6.77. The Kier molecular flexibility index (Phi) is 4.99. The average molecular weight is 417 g/mol. The van der Waals surface area contributed by atoms with Crippen LogP contribution in [0.3, 0.4) is 0 Å². The standard InChI is InChI=1S/C17H17Br2Cl/c1-17(2,3)14-7-5-4-6-12(14)16(20)13-10-11(18)8-9-15(13)19/h4-10,16H,1-3H3. The van der Waals surface area contributed by atoms with Gasteiger partial charge in [-0.15, -0.1) is 11.6 Å². The van der Waals surface area contributed by atoms with Crippen LogP contribution in [0.25, 0.3) is 0 Å². The van der Waals surface area contributed by atoms with Crippen molar-refractivity contribution < 1.29 is 0 Å². The summed E-state index contributed by atoms with van der Waals surface area (Å²) in [7, 11) is 0. The third kappa shape index (κ3) is 3.47. The third-order valence-corrected chi connectivity index (χ3v) is 4.96. The van der Waals surface area contributed by atoms with E-state index in [1.54, 1.807) is 0 Å². The highest BCUT2D eigenvalue weighted by atomic mass is 79.9. The first-order chi connectivity index (χ1) is 9.30. The summed E-state index contributed by atoms with van der Waals surface area (Å²) < 4.78 is 2.07. The Bertz CT molecular complexity index is 615. The van der Waals surface area contributed by atoms with Crippen LogP contribution in [-0.2, 0) is 5.41 Å². The van der Waals surface area contributed by atoms with Gasteiger partial charge in [-0.2, -0.15) is 0 Å². The summed E-state index contributed by atoms with van der Waals surface area (Å²) in [5.41, 5.74) is 3.60. The highest BCUT2D eigenvalue weighted by Crippen LogP contribution is 2.39. The van der Waals surface area contributed by atoms with Gasteiger partial charge in [-0.1, -0.05) is 76.9 Å². The predicted molar refractivity (Wildman–Crippen MR) is 94.7 cm³/mol. The first kappa shape index (κ1) is 16.1. The number of benzene rings is 2. The second kappa shape index (κ2) is 6.21. The Morgan fingerprint density at radius 3 is 2.25 bits per heavy atom. The molecule has 0 nitrogen and oxygen atoms in total. The summed E-state index contributed by atoms with van der Waals surface area (Å²) in [4.78, 5) is 0. The minimum Gasteiger partial charge on any atom is -0.113 e. The van der Waals surface area contributed by atoms with Crippen molar-refractivity contribution in [1.82, 2.24) is 0 Å². The van der Waals surface area contributed by atoms with Crippen molar-refractivity contribution >= 4 is 43.5 Å². The molecule has 1 atom stereocenters. The van der Waals surface area contributed by atoms with Gasteiger partial charge in [0.15, 0.2) is 0 Å². The summed E-state index contributed by atoms with van der Waals surface area (Å²) in [6.07, 6.45) is 0. The van der Waals surface area contributed by atoms with Gasteiger partial charge in [0.2, 0.25) is 0 Å². The molecule has 106 valence electrons. The van der Waals surface area contributed by atoms with E-state index in [2.05, 4.69) is 76.9 Å². The molecule has 3 heteroatoms. The second-order valence-electron chi connectivity index (χ2n) is 5.87. The van der Waals surface area contributed by atoms with Crippen LogP contribution in [-0.4, -0.2) is 0 Å². The molecule has 0 saturated carbocycles. The van der Waals surface area contributed by atoms with Crippen molar-refractivity contribution in [3.05, 3.63) is 68.1 Å². The molecular weight excluding hydrogens is 399 g/mol. The third-order valence-electron chi connectivity index (χ3n) is 3.27. The second-order valence-corrected chi connectivity index (χ2v) is 8.07. The van der Waals surface area contributed by atoms with E-state index in [0.717, 1.165) is 14.5 Å². The minimum atomic E-state index is -0.169. The molecule has 2 rings (SSSR count). The fraction of sp³-hybridized carbons (Fsp3) is 0.294. The fourth-order valence-electron chi connectivity index (χ4n) is 2.28. The molecule has 0 radical (unpaired) electrons. The molecule has 2 aromatic carbocycles. The van der Waals surface area contributed by atoms with E-state index in [1.165, 1.54) is 11.1 Å². The molecule has 20 heavy (non-hydrogen) atoms. The van der Waals surface area contributed by atoms with E-state index >= 15 is 0 Å². The van der Waals surface area contributed by atoms with Crippen LogP contribution in [0.1, 0.15) is 42.8 Å². The van der Waals surface area contributed by atoms with Gasteiger partial charge < -0.3 is 0 Å². The first-order valence-corrected chi connectivity index (χ1v) is 8.51. The van der Waals surface area contributed by atoms with E-state index in [0.29, 0.717) is 0 Å². The summed E-state index contributed by atoms with van der Waals surface area (Å²) in [6.45, 7) is 6.64. The Balaban J connectivity index is 2.54. The summed E-state index contributed by atoms with van der Waals surface area (Å²) in [6, 6.07) is 14.5. The molecule has 0 saturated heterocycles. The van der Waals surface area contributed by atoms with Crippen molar-refractivity contribution in [1.29, 1.82) is 0 Å². The van der Waals surface area contributed by atoms with E-state index in [9.17, 15) is 0 Å². The minimum absolute atomic E-state index is 0.0716. The molecule has 0 fully saturated rings. The number of rotatable bonds is 2. The lowest BCUT2D eigenvalue weighted by molar-refractivity contribution is 0.583. The zero-order valence-electron chi connectivity index (χ0n) is 11.8. The Morgan fingerprint density at radius 2 is 1.60 bits per heavy atom. The van der Waals surface area contributed by atoms with E-state index in [1.807, 2.05) is 18.2 Å². The molecule has 0 amide bonds. The molecule has 2 aromatic rings.